The number of nitrogens with one attached hydrogen (secondary N) is 2. The second-order valence-electron chi connectivity index (χ2n) is 7.80. The first kappa shape index (κ1) is 25.1. The van der Waals surface area contributed by atoms with Crippen molar-refractivity contribution in [1.82, 2.24) is 15.1 Å². The van der Waals surface area contributed by atoms with Crippen molar-refractivity contribution in [2.75, 3.05) is 11.9 Å². The molecule has 0 saturated carbocycles. The Morgan fingerprint density at radius 2 is 1.69 bits per heavy atom. The van der Waals surface area contributed by atoms with Gasteiger partial charge in [0.05, 0.1) is 27.5 Å². The van der Waals surface area contributed by atoms with E-state index in [-0.39, 0.29) is 12.2 Å². The maximum Gasteiger partial charge on any atom is 0.416 e. The largest absolute Gasteiger partial charge is 0.416 e. The summed E-state index contributed by atoms with van der Waals surface area (Å²) in [5.41, 5.74) is 2.38. The number of hydrogen-bond acceptors (Lipinski definition) is 3. The molecule has 0 spiro atoms. The van der Waals surface area contributed by atoms with Gasteiger partial charge >= 0.3 is 12.2 Å². The highest BCUT2D eigenvalue weighted by Crippen LogP contribution is 2.30. The van der Waals surface area contributed by atoms with Gasteiger partial charge in [0.1, 0.15) is 11.0 Å². The van der Waals surface area contributed by atoms with Gasteiger partial charge in [-0.2, -0.15) is 18.3 Å². The summed E-state index contributed by atoms with van der Waals surface area (Å²) in [6.07, 6.45) is -4.11. The second kappa shape index (κ2) is 10.8. The fraction of sp³-hybridized carbons (Fsp3) is 0.120. The topological polar surface area (TPSA) is 102 Å². The summed E-state index contributed by atoms with van der Waals surface area (Å²) in [6.45, 7) is 0.209. The maximum absolute atomic E-state index is 12.9. The van der Waals surface area contributed by atoms with Crippen LogP contribution >= 0.6 is 0 Å². The third-order valence-electron chi connectivity index (χ3n) is 5.26. The number of carbonyl (C=O) groups excluding carboxylic acids is 1. The molecule has 0 aliphatic rings. The molecular weight excluding hydrogens is 491 g/mol. The minimum Gasteiger partial charge on any atom is -0.337 e. The van der Waals surface area contributed by atoms with Crippen molar-refractivity contribution in [3.05, 3.63) is 96.2 Å². The minimum atomic E-state index is -4.49. The summed E-state index contributed by atoms with van der Waals surface area (Å²) in [7, 11) is -1.59. The molecule has 0 aliphatic heterocycles. The van der Waals surface area contributed by atoms with E-state index in [0.29, 0.717) is 17.0 Å². The summed E-state index contributed by atoms with van der Waals surface area (Å²) in [5.74, 6) is 0. The lowest BCUT2D eigenvalue weighted by molar-refractivity contribution is -0.137. The first-order valence-corrected chi connectivity index (χ1v) is 12.0. The number of hydrogen-bond donors (Lipinski definition) is 3. The molecule has 1 unspecified atom stereocenters. The number of urea groups is 1. The van der Waals surface area contributed by atoms with E-state index in [9.17, 15) is 22.2 Å². The fourth-order valence-corrected chi connectivity index (χ4v) is 3.94. The van der Waals surface area contributed by atoms with Gasteiger partial charge in [-0.3, -0.25) is 0 Å². The molecule has 0 saturated heterocycles. The molecule has 4 N–H and O–H groups in total. The van der Waals surface area contributed by atoms with Crippen molar-refractivity contribution in [3.8, 4) is 16.9 Å². The molecule has 36 heavy (non-hydrogen) atoms. The zero-order chi connectivity index (χ0) is 25.7. The molecule has 0 bridgehead atoms. The normalized spacial score (nSPS) is 12.2. The molecule has 7 nitrogen and oxygen atoms in total. The summed E-state index contributed by atoms with van der Waals surface area (Å²) < 4.78 is 51.9. The number of nitrogens with zero attached hydrogens (tertiary/aromatic N) is 2. The van der Waals surface area contributed by atoms with Crippen LogP contribution in [0.15, 0.2) is 89.8 Å². The Labute approximate surface area is 207 Å². The van der Waals surface area contributed by atoms with Crippen LogP contribution in [0.5, 0.6) is 0 Å². The molecule has 186 valence electrons. The zero-order valence-corrected chi connectivity index (χ0v) is 19.6. The van der Waals surface area contributed by atoms with Crippen LogP contribution in [0.3, 0.4) is 0 Å². The molecule has 3 aromatic carbocycles. The summed E-state index contributed by atoms with van der Waals surface area (Å²) in [5, 5.41) is 15.2. The van der Waals surface area contributed by atoms with E-state index in [0.717, 1.165) is 29.1 Å². The van der Waals surface area contributed by atoms with Crippen LogP contribution in [-0.2, 0) is 23.6 Å². The minimum absolute atomic E-state index is 0.0415. The first-order valence-electron chi connectivity index (χ1n) is 10.8. The molecule has 11 heteroatoms. The standard InChI is InChI=1S/C25H22F3N5O2S/c26-25(27,28)18-7-4-8-19(15-18)31-24(34)30-14-13-20-16-23(17-5-2-1-3-6-17)33(32-20)21-9-11-22(12-10-21)36(29)35/h1-12,15-16H,13-14,29H2,(H2,30,31,34). The lowest BCUT2D eigenvalue weighted by atomic mass is 10.1. The van der Waals surface area contributed by atoms with E-state index in [4.69, 9.17) is 5.14 Å². The van der Waals surface area contributed by atoms with Crippen LogP contribution in [0, 0.1) is 0 Å². The van der Waals surface area contributed by atoms with Gasteiger partial charge in [0.2, 0.25) is 0 Å². The van der Waals surface area contributed by atoms with Crippen LogP contribution in [-0.4, -0.2) is 26.6 Å². The molecule has 0 radical (unpaired) electrons. The highest BCUT2D eigenvalue weighted by Gasteiger charge is 2.30. The molecule has 1 heterocycles. The van der Waals surface area contributed by atoms with Gasteiger partial charge in [0.25, 0.3) is 0 Å². The number of alkyl halides is 3. The predicted molar refractivity (Wildman–Crippen MR) is 132 cm³/mol. The third-order valence-corrected chi connectivity index (χ3v) is 5.99. The Balaban J connectivity index is 1.46. The van der Waals surface area contributed by atoms with Gasteiger partial charge in [0.15, 0.2) is 0 Å². The van der Waals surface area contributed by atoms with E-state index < -0.39 is 28.8 Å². The van der Waals surface area contributed by atoms with Gasteiger partial charge in [0, 0.05) is 24.2 Å². The van der Waals surface area contributed by atoms with Crippen molar-refractivity contribution in [3.63, 3.8) is 0 Å². The van der Waals surface area contributed by atoms with Crippen LogP contribution in [0.4, 0.5) is 23.7 Å². The number of amides is 2. The van der Waals surface area contributed by atoms with Crippen LogP contribution in [0.1, 0.15) is 11.3 Å². The first-order chi connectivity index (χ1) is 17.2. The number of aromatic nitrogens is 2. The molecule has 1 atom stereocenters. The Kier molecular flexibility index (Phi) is 7.51. The third kappa shape index (κ3) is 6.18. The highest BCUT2D eigenvalue weighted by molar-refractivity contribution is 7.82. The highest BCUT2D eigenvalue weighted by atomic mass is 32.2. The number of carbonyl (C=O) groups is 1. The van der Waals surface area contributed by atoms with E-state index in [1.165, 1.54) is 12.1 Å². The molecule has 4 aromatic rings. The molecule has 0 aliphatic carbocycles. The van der Waals surface area contributed by atoms with Gasteiger partial charge in [-0.25, -0.2) is 18.8 Å². The number of nitrogens with two attached hydrogens (primary N) is 1. The van der Waals surface area contributed by atoms with Crippen molar-refractivity contribution < 1.29 is 22.2 Å². The van der Waals surface area contributed by atoms with Crippen molar-refractivity contribution in [2.45, 2.75) is 17.5 Å². The predicted octanol–water partition coefficient (Wildman–Crippen LogP) is 4.90. The SMILES string of the molecule is NS(=O)c1ccc(-n2nc(CCNC(=O)Nc3cccc(C(F)(F)F)c3)cc2-c2ccccc2)cc1. The number of benzene rings is 3. The van der Waals surface area contributed by atoms with Crippen molar-refractivity contribution >= 4 is 22.7 Å². The van der Waals surface area contributed by atoms with E-state index in [1.807, 2.05) is 36.4 Å². The lowest BCUT2D eigenvalue weighted by Gasteiger charge is -2.10. The summed E-state index contributed by atoms with van der Waals surface area (Å²) in [6, 6.07) is 22.2. The molecule has 4 rings (SSSR count). The van der Waals surface area contributed by atoms with Gasteiger partial charge < -0.3 is 10.6 Å². The van der Waals surface area contributed by atoms with E-state index in [2.05, 4.69) is 15.7 Å². The van der Waals surface area contributed by atoms with Gasteiger partial charge in [-0.05, 0) is 48.5 Å². The van der Waals surface area contributed by atoms with Crippen LogP contribution < -0.4 is 15.8 Å². The molecule has 2 amide bonds. The lowest BCUT2D eigenvalue weighted by Crippen LogP contribution is -2.30. The Hall–Kier alpha value is -3.96. The zero-order valence-electron chi connectivity index (χ0n) is 18.8. The van der Waals surface area contributed by atoms with Crippen LogP contribution in [0.25, 0.3) is 16.9 Å². The van der Waals surface area contributed by atoms with Gasteiger partial charge in [-0.1, -0.05) is 36.4 Å². The summed E-state index contributed by atoms with van der Waals surface area (Å²) >= 11 is 0. The van der Waals surface area contributed by atoms with E-state index >= 15 is 0 Å². The Morgan fingerprint density at radius 3 is 2.36 bits per heavy atom. The smallest absolute Gasteiger partial charge is 0.337 e. The van der Waals surface area contributed by atoms with Gasteiger partial charge in [-0.15, -0.1) is 0 Å². The van der Waals surface area contributed by atoms with Crippen LogP contribution in [0.2, 0.25) is 0 Å². The fourth-order valence-electron chi connectivity index (χ4n) is 3.54. The molecular formula is C25H22F3N5O2S. The second-order valence-corrected chi connectivity index (χ2v) is 8.87. The number of halogens is 3. The van der Waals surface area contributed by atoms with Crippen molar-refractivity contribution in [1.29, 1.82) is 0 Å². The van der Waals surface area contributed by atoms with Crippen molar-refractivity contribution in [2.24, 2.45) is 5.14 Å². The summed E-state index contributed by atoms with van der Waals surface area (Å²) in [4.78, 5) is 12.7. The number of rotatable bonds is 7. The Bertz CT molecular complexity index is 1370. The quantitative estimate of drug-likeness (QED) is 0.327. The van der Waals surface area contributed by atoms with E-state index in [1.54, 1.807) is 28.9 Å². The maximum atomic E-state index is 12.9. The Morgan fingerprint density at radius 1 is 0.972 bits per heavy atom. The monoisotopic (exact) mass is 513 g/mol. The average molecular weight is 514 g/mol. The molecule has 1 aromatic heterocycles. The molecule has 0 fully saturated rings. The average Bonchev–Trinajstić information content (AvgIpc) is 3.28. The number of anilines is 1.